The van der Waals surface area contributed by atoms with Gasteiger partial charge in [0, 0.05) is 24.0 Å². The lowest BCUT2D eigenvalue weighted by atomic mass is 9.87. The highest BCUT2D eigenvalue weighted by molar-refractivity contribution is 6.11. The first-order valence-electron chi connectivity index (χ1n) is 12.5. The van der Waals surface area contributed by atoms with Crippen molar-refractivity contribution in [1.82, 2.24) is 20.1 Å². The van der Waals surface area contributed by atoms with Crippen LogP contribution in [-0.2, 0) is 28.0 Å². The molecule has 2 atom stereocenters. The number of benzene rings is 2. The van der Waals surface area contributed by atoms with E-state index in [1.54, 1.807) is 30.0 Å². The van der Waals surface area contributed by atoms with Crippen molar-refractivity contribution in [3.8, 4) is 0 Å². The van der Waals surface area contributed by atoms with Crippen molar-refractivity contribution >= 4 is 28.7 Å². The van der Waals surface area contributed by atoms with Gasteiger partial charge in [-0.2, -0.15) is 0 Å². The monoisotopic (exact) mass is 490 g/mol. The summed E-state index contributed by atoms with van der Waals surface area (Å²) in [5.41, 5.74) is 1.99. The highest BCUT2D eigenvalue weighted by atomic mass is 19.1. The number of fused-ring (bicyclic) bond motifs is 5. The molecule has 0 saturated carbocycles. The minimum atomic E-state index is -1.20. The van der Waals surface area contributed by atoms with Crippen molar-refractivity contribution in [3.63, 3.8) is 0 Å². The smallest absolute Gasteiger partial charge is 0.328 e. The highest BCUT2D eigenvalue weighted by Gasteiger charge is 2.60. The molecule has 0 spiro atoms. The first-order valence-corrected chi connectivity index (χ1v) is 12.5. The molecule has 2 aliphatic rings. The van der Waals surface area contributed by atoms with E-state index in [0.717, 1.165) is 27.1 Å². The zero-order valence-electron chi connectivity index (χ0n) is 20.8. The van der Waals surface area contributed by atoms with Crippen molar-refractivity contribution in [3.05, 3.63) is 71.2 Å². The van der Waals surface area contributed by atoms with Crippen molar-refractivity contribution in [2.24, 2.45) is 5.92 Å². The van der Waals surface area contributed by atoms with Gasteiger partial charge >= 0.3 is 6.03 Å². The molecule has 0 bridgehead atoms. The van der Waals surface area contributed by atoms with E-state index in [9.17, 15) is 18.8 Å². The molecule has 7 nitrogen and oxygen atoms in total. The van der Waals surface area contributed by atoms with Gasteiger partial charge < -0.3 is 15.2 Å². The summed E-state index contributed by atoms with van der Waals surface area (Å²) in [6, 6.07) is 12.9. The molecule has 1 fully saturated rings. The first kappa shape index (κ1) is 24.0. The first-order chi connectivity index (χ1) is 17.2. The molecule has 3 aromatic rings. The number of nitrogens with one attached hydrogen (secondary N) is 2. The van der Waals surface area contributed by atoms with Crippen LogP contribution < -0.4 is 5.32 Å². The summed E-state index contributed by atoms with van der Waals surface area (Å²) >= 11 is 0. The molecule has 8 heteroatoms. The lowest BCUT2D eigenvalue weighted by Gasteiger charge is -2.36. The standard InChI is InChI=1S/C28H31FN4O3/c1-17(2)16-23(25(34)30-14-12-18-8-4-6-10-21(18)29)33-26(35)28(3)24-20(13-15-32(28)27(33)36)19-9-5-7-11-22(19)31-24/h4-11,17,23,31H,12-16H2,1-3H3,(H,30,34)/t23-,28+/m1/s1. The molecular formula is C28H31FN4O3. The summed E-state index contributed by atoms with van der Waals surface area (Å²) < 4.78 is 14.0. The second-order valence-electron chi connectivity index (χ2n) is 10.2. The second-order valence-corrected chi connectivity index (χ2v) is 10.2. The van der Waals surface area contributed by atoms with E-state index >= 15 is 0 Å². The van der Waals surface area contributed by atoms with E-state index in [1.807, 2.05) is 38.1 Å². The molecule has 1 aromatic heterocycles. The van der Waals surface area contributed by atoms with Crippen molar-refractivity contribution in [2.45, 2.75) is 51.6 Å². The van der Waals surface area contributed by atoms with E-state index in [0.29, 0.717) is 31.4 Å². The molecule has 1 saturated heterocycles. The molecule has 3 heterocycles. The number of H-pyrrole nitrogens is 1. The van der Waals surface area contributed by atoms with Gasteiger partial charge in [-0.25, -0.2) is 14.1 Å². The van der Waals surface area contributed by atoms with Gasteiger partial charge in [-0.1, -0.05) is 50.2 Å². The van der Waals surface area contributed by atoms with Crippen LogP contribution in [0.2, 0.25) is 0 Å². The lowest BCUT2D eigenvalue weighted by molar-refractivity contribution is -0.140. The summed E-state index contributed by atoms with van der Waals surface area (Å²) in [4.78, 5) is 47.1. The number of urea groups is 1. The number of para-hydroxylation sites is 1. The largest absolute Gasteiger partial charge is 0.356 e. The number of halogens is 1. The number of amides is 4. The topological polar surface area (TPSA) is 85.5 Å². The van der Waals surface area contributed by atoms with Crippen LogP contribution >= 0.6 is 0 Å². The van der Waals surface area contributed by atoms with Crippen LogP contribution in [0.15, 0.2) is 48.5 Å². The Balaban J connectivity index is 1.43. The molecule has 5 rings (SSSR count). The zero-order chi connectivity index (χ0) is 25.6. The molecule has 0 aliphatic carbocycles. The van der Waals surface area contributed by atoms with Crippen LogP contribution in [0.4, 0.5) is 9.18 Å². The Morgan fingerprint density at radius 2 is 1.86 bits per heavy atom. The summed E-state index contributed by atoms with van der Waals surface area (Å²) in [6.45, 7) is 6.28. The molecular weight excluding hydrogens is 459 g/mol. The maximum absolute atomic E-state index is 14.0. The van der Waals surface area contributed by atoms with Crippen LogP contribution in [0.5, 0.6) is 0 Å². The average molecular weight is 491 g/mol. The van der Waals surface area contributed by atoms with Crippen LogP contribution in [0, 0.1) is 11.7 Å². The quantitative estimate of drug-likeness (QED) is 0.489. The molecule has 188 valence electrons. The Morgan fingerprint density at radius 1 is 1.14 bits per heavy atom. The number of carbonyl (C=O) groups excluding carboxylic acids is 3. The Hall–Kier alpha value is -3.68. The normalized spacial score (nSPS) is 20.1. The van der Waals surface area contributed by atoms with Gasteiger partial charge in [-0.15, -0.1) is 0 Å². The van der Waals surface area contributed by atoms with Crippen LogP contribution in [0.25, 0.3) is 10.9 Å². The predicted molar refractivity (Wildman–Crippen MR) is 135 cm³/mol. The summed E-state index contributed by atoms with van der Waals surface area (Å²) in [5.74, 6) is -1.05. The van der Waals surface area contributed by atoms with Gasteiger partial charge in [0.2, 0.25) is 5.91 Å². The molecule has 2 N–H and O–H groups in total. The van der Waals surface area contributed by atoms with Gasteiger partial charge in [-0.3, -0.25) is 9.59 Å². The fourth-order valence-electron chi connectivity index (χ4n) is 5.61. The Bertz CT molecular complexity index is 1350. The Morgan fingerprint density at radius 3 is 2.61 bits per heavy atom. The molecule has 0 unspecified atom stereocenters. The van der Waals surface area contributed by atoms with E-state index in [-0.39, 0.29) is 18.3 Å². The van der Waals surface area contributed by atoms with E-state index in [2.05, 4.69) is 10.3 Å². The number of aromatic amines is 1. The van der Waals surface area contributed by atoms with Crippen molar-refractivity contribution in [1.29, 1.82) is 0 Å². The van der Waals surface area contributed by atoms with Gasteiger partial charge in [0.25, 0.3) is 5.91 Å². The zero-order valence-corrected chi connectivity index (χ0v) is 20.8. The van der Waals surface area contributed by atoms with Gasteiger partial charge in [0.1, 0.15) is 11.9 Å². The maximum Gasteiger partial charge on any atom is 0.328 e. The number of aromatic nitrogens is 1. The minimum absolute atomic E-state index is 0.0713. The molecule has 2 aliphatic heterocycles. The average Bonchev–Trinajstić information content (AvgIpc) is 3.32. The second kappa shape index (κ2) is 9.08. The van der Waals surface area contributed by atoms with Crippen LogP contribution in [-0.4, -0.2) is 51.8 Å². The molecule has 2 aromatic carbocycles. The fraction of sp³-hybridized carbons (Fsp3) is 0.393. The number of carbonyl (C=O) groups is 3. The molecule has 4 amide bonds. The third kappa shape index (κ3) is 3.75. The molecule has 36 heavy (non-hydrogen) atoms. The number of hydrogen-bond donors (Lipinski definition) is 2. The summed E-state index contributed by atoms with van der Waals surface area (Å²) in [5, 5.41) is 3.89. The molecule has 0 radical (unpaired) electrons. The van der Waals surface area contributed by atoms with E-state index < -0.39 is 29.4 Å². The van der Waals surface area contributed by atoms with Crippen LogP contribution in [0.1, 0.15) is 44.0 Å². The predicted octanol–water partition coefficient (Wildman–Crippen LogP) is 4.12. The Labute approximate surface area is 209 Å². The highest BCUT2D eigenvalue weighted by Crippen LogP contribution is 2.44. The number of hydrogen-bond acceptors (Lipinski definition) is 3. The van der Waals surface area contributed by atoms with Gasteiger partial charge in [0.15, 0.2) is 5.54 Å². The summed E-state index contributed by atoms with van der Waals surface area (Å²) in [7, 11) is 0. The van der Waals surface area contributed by atoms with Gasteiger partial charge in [0.05, 0.1) is 5.69 Å². The van der Waals surface area contributed by atoms with Crippen molar-refractivity contribution < 1.29 is 18.8 Å². The van der Waals surface area contributed by atoms with Gasteiger partial charge in [-0.05, 0) is 55.4 Å². The third-order valence-corrected chi connectivity index (χ3v) is 7.46. The van der Waals surface area contributed by atoms with Crippen LogP contribution in [0.3, 0.4) is 0 Å². The Kier molecular flexibility index (Phi) is 6.06. The lowest BCUT2D eigenvalue weighted by Crippen LogP contribution is -2.51. The maximum atomic E-state index is 14.0. The van der Waals surface area contributed by atoms with E-state index in [4.69, 9.17) is 0 Å². The third-order valence-electron chi connectivity index (χ3n) is 7.46. The minimum Gasteiger partial charge on any atom is -0.356 e. The van der Waals surface area contributed by atoms with Crippen molar-refractivity contribution in [2.75, 3.05) is 13.1 Å². The fourth-order valence-corrected chi connectivity index (χ4v) is 5.61. The SMILES string of the molecule is CC(C)C[C@H](C(=O)NCCc1ccccc1F)N1C(=O)N2CCc3c([nH]c4ccccc34)[C@@]2(C)C1=O. The van der Waals surface area contributed by atoms with E-state index in [1.165, 1.54) is 6.07 Å². The number of nitrogens with zero attached hydrogens (tertiary/aromatic N) is 2. The number of imide groups is 1. The number of rotatable bonds is 7. The summed E-state index contributed by atoms with van der Waals surface area (Å²) in [6.07, 6.45) is 1.29.